The molecule has 160 valence electrons. The summed E-state index contributed by atoms with van der Waals surface area (Å²) < 4.78 is 10.8. The summed E-state index contributed by atoms with van der Waals surface area (Å²) >= 11 is 0. The number of nitrogens with zero attached hydrogens (tertiary/aromatic N) is 1. The van der Waals surface area contributed by atoms with Crippen LogP contribution in [0.4, 0.5) is 0 Å². The van der Waals surface area contributed by atoms with Crippen molar-refractivity contribution in [3.8, 4) is 0 Å². The van der Waals surface area contributed by atoms with Crippen LogP contribution in [-0.4, -0.2) is 63.0 Å². The lowest BCUT2D eigenvalue weighted by Crippen LogP contribution is -2.47. The molecular weight excluding hydrogens is 348 g/mol. The summed E-state index contributed by atoms with van der Waals surface area (Å²) in [6.07, 6.45) is 1.88. The molecule has 2 aliphatic rings. The minimum absolute atomic E-state index is 0.221. The van der Waals surface area contributed by atoms with Crippen LogP contribution in [-0.2, 0) is 21.3 Å². The molecule has 28 heavy (non-hydrogen) atoms. The van der Waals surface area contributed by atoms with Crippen LogP contribution >= 0.6 is 0 Å². The molecule has 3 atom stereocenters. The third-order valence-electron chi connectivity index (χ3n) is 5.31. The van der Waals surface area contributed by atoms with E-state index in [9.17, 15) is 0 Å². The maximum Gasteiger partial charge on any atom is 0.0678 e. The number of hydrogen-bond acceptors (Lipinski definition) is 4. The smallest absolute Gasteiger partial charge is 0.0678 e. The van der Waals surface area contributed by atoms with E-state index in [-0.39, 0.29) is 5.41 Å². The maximum absolute atomic E-state index is 5.84. The quantitative estimate of drug-likeness (QED) is 0.846. The molecule has 2 aliphatic heterocycles. The zero-order valence-corrected chi connectivity index (χ0v) is 19.0. The van der Waals surface area contributed by atoms with E-state index < -0.39 is 0 Å². The Balaban J connectivity index is 0.000000397. The van der Waals surface area contributed by atoms with Crippen molar-refractivity contribution in [1.82, 2.24) is 10.2 Å². The van der Waals surface area contributed by atoms with Crippen LogP contribution in [0.25, 0.3) is 0 Å². The summed E-state index contributed by atoms with van der Waals surface area (Å²) in [4.78, 5) is 2.57. The minimum atomic E-state index is 0.221. The Bertz CT molecular complexity index is 544. The van der Waals surface area contributed by atoms with Gasteiger partial charge in [0.2, 0.25) is 0 Å². The largest absolute Gasteiger partial charge is 0.379 e. The minimum Gasteiger partial charge on any atom is -0.379 e. The number of morpholine rings is 2. The molecule has 2 saturated heterocycles. The van der Waals surface area contributed by atoms with Gasteiger partial charge in [0, 0.05) is 32.7 Å². The molecule has 0 radical (unpaired) electrons. The monoisotopic (exact) mass is 390 g/mol. The topological polar surface area (TPSA) is 33.7 Å². The fraction of sp³-hybridized carbons (Fsp3) is 0.750. The lowest BCUT2D eigenvalue weighted by atomic mass is 9.81. The highest BCUT2D eigenvalue weighted by atomic mass is 16.5. The zero-order chi connectivity index (χ0) is 20.6. The molecule has 2 heterocycles. The fourth-order valence-electron chi connectivity index (χ4n) is 4.26. The summed E-state index contributed by atoms with van der Waals surface area (Å²) in [7, 11) is 0. The second kappa shape index (κ2) is 11.3. The Labute approximate surface area is 173 Å². The predicted octanol–water partition coefficient (Wildman–Crippen LogP) is 3.88. The van der Waals surface area contributed by atoms with Crippen molar-refractivity contribution >= 4 is 0 Å². The molecule has 3 rings (SSSR count). The van der Waals surface area contributed by atoms with E-state index in [1.54, 1.807) is 0 Å². The van der Waals surface area contributed by atoms with Gasteiger partial charge in [-0.15, -0.1) is 0 Å². The molecule has 0 saturated carbocycles. The standard InChI is InChI=1S/C20H33NO.C4H9NO/c1-15(12-21-13-16(2)22-17(3)14-21)11-18-9-7-8-10-19(18)20(4,5)6;1-3-6-4-2-5-1/h7-10,15-17H,11-14H2,1-6H3;5H,1-4H2/t15?,16-,17+;. The normalized spacial score (nSPS) is 24.9. The molecule has 4 heteroatoms. The van der Waals surface area contributed by atoms with Gasteiger partial charge in [-0.25, -0.2) is 0 Å². The fourth-order valence-corrected chi connectivity index (χ4v) is 4.26. The second-order valence-corrected chi connectivity index (χ2v) is 9.55. The molecule has 1 unspecified atom stereocenters. The van der Waals surface area contributed by atoms with Gasteiger partial charge in [0.15, 0.2) is 0 Å². The Morgan fingerprint density at radius 2 is 1.68 bits per heavy atom. The van der Waals surface area contributed by atoms with Gasteiger partial charge >= 0.3 is 0 Å². The first-order valence-electron chi connectivity index (χ1n) is 11.0. The first-order chi connectivity index (χ1) is 13.3. The van der Waals surface area contributed by atoms with E-state index in [0.29, 0.717) is 18.1 Å². The van der Waals surface area contributed by atoms with Gasteiger partial charge in [-0.05, 0) is 42.7 Å². The van der Waals surface area contributed by atoms with Crippen molar-refractivity contribution in [2.45, 2.75) is 65.6 Å². The van der Waals surface area contributed by atoms with Crippen molar-refractivity contribution in [3.05, 3.63) is 35.4 Å². The van der Waals surface area contributed by atoms with E-state index in [2.05, 4.69) is 76.0 Å². The SMILES string of the molecule is C1COCCN1.CC(Cc1ccccc1C(C)(C)C)CN1C[C@@H](C)O[C@@H](C)C1. The molecule has 0 bridgehead atoms. The van der Waals surface area contributed by atoms with Crippen molar-refractivity contribution in [3.63, 3.8) is 0 Å². The molecule has 1 N–H and O–H groups in total. The van der Waals surface area contributed by atoms with Crippen molar-refractivity contribution < 1.29 is 9.47 Å². The molecule has 0 aliphatic carbocycles. The van der Waals surface area contributed by atoms with E-state index in [0.717, 1.165) is 52.4 Å². The van der Waals surface area contributed by atoms with E-state index in [4.69, 9.17) is 9.47 Å². The molecule has 2 fully saturated rings. The van der Waals surface area contributed by atoms with Crippen LogP contribution in [0.1, 0.15) is 52.7 Å². The van der Waals surface area contributed by atoms with E-state index >= 15 is 0 Å². The molecule has 1 aromatic carbocycles. The first kappa shape index (κ1) is 23.3. The van der Waals surface area contributed by atoms with Crippen molar-refractivity contribution in [2.75, 3.05) is 45.9 Å². The summed E-state index contributed by atoms with van der Waals surface area (Å²) in [5.74, 6) is 0.668. The second-order valence-electron chi connectivity index (χ2n) is 9.55. The van der Waals surface area contributed by atoms with Gasteiger partial charge in [-0.3, -0.25) is 4.90 Å². The summed E-state index contributed by atoms with van der Waals surface area (Å²) in [5, 5.41) is 3.16. The molecule has 1 aromatic rings. The molecular formula is C24H42N2O2. The molecule has 0 amide bonds. The molecule has 0 spiro atoms. The Hall–Kier alpha value is -0.940. The lowest BCUT2D eigenvalue weighted by molar-refractivity contribution is -0.0709. The highest BCUT2D eigenvalue weighted by Crippen LogP contribution is 2.27. The summed E-state index contributed by atoms with van der Waals surface area (Å²) in [5.41, 5.74) is 3.22. The number of rotatable bonds is 4. The number of ether oxygens (including phenoxy) is 2. The van der Waals surface area contributed by atoms with Crippen molar-refractivity contribution in [1.29, 1.82) is 0 Å². The van der Waals surface area contributed by atoms with E-state index in [1.807, 2.05) is 0 Å². The first-order valence-corrected chi connectivity index (χ1v) is 11.0. The van der Waals surface area contributed by atoms with Gasteiger partial charge in [0.1, 0.15) is 0 Å². The third-order valence-corrected chi connectivity index (χ3v) is 5.31. The highest BCUT2D eigenvalue weighted by Gasteiger charge is 2.24. The number of hydrogen-bond donors (Lipinski definition) is 1. The number of benzene rings is 1. The van der Waals surface area contributed by atoms with Gasteiger partial charge < -0.3 is 14.8 Å². The third kappa shape index (κ3) is 8.20. The van der Waals surface area contributed by atoms with Gasteiger partial charge in [0.05, 0.1) is 25.4 Å². The predicted molar refractivity (Wildman–Crippen MR) is 118 cm³/mol. The van der Waals surface area contributed by atoms with Crippen LogP contribution in [0.15, 0.2) is 24.3 Å². The maximum atomic E-state index is 5.84. The van der Waals surface area contributed by atoms with Gasteiger partial charge in [-0.2, -0.15) is 0 Å². The molecule has 4 nitrogen and oxygen atoms in total. The van der Waals surface area contributed by atoms with Crippen molar-refractivity contribution in [2.24, 2.45) is 5.92 Å². The Morgan fingerprint density at radius 3 is 2.18 bits per heavy atom. The van der Waals surface area contributed by atoms with Crippen LogP contribution in [0.5, 0.6) is 0 Å². The lowest BCUT2D eigenvalue weighted by Gasteiger charge is -2.36. The average molecular weight is 391 g/mol. The summed E-state index contributed by atoms with van der Waals surface area (Å²) in [6, 6.07) is 8.94. The van der Waals surface area contributed by atoms with Crippen LogP contribution in [0.2, 0.25) is 0 Å². The van der Waals surface area contributed by atoms with Crippen LogP contribution < -0.4 is 5.32 Å². The van der Waals surface area contributed by atoms with Crippen LogP contribution in [0, 0.1) is 5.92 Å². The highest BCUT2D eigenvalue weighted by molar-refractivity contribution is 5.33. The van der Waals surface area contributed by atoms with Crippen LogP contribution in [0.3, 0.4) is 0 Å². The van der Waals surface area contributed by atoms with Gasteiger partial charge in [0.25, 0.3) is 0 Å². The Morgan fingerprint density at radius 1 is 1.07 bits per heavy atom. The van der Waals surface area contributed by atoms with Gasteiger partial charge in [-0.1, -0.05) is 52.0 Å². The summed E-state index contributed by atoms with van der Waals surface area (Å²) in [6.45, 7) is 20.8. The molecule has 0 aromatic heterocycles. The zero-order valence-electron chi connectivity index (χ0n) is 19.0. The average Bonchev–Trinajstić information content (AvgIpc) is 2.62. The number of nitrogens with one attached hydrogen (secondary N) is 1. The Kier molecular flexibility index (Phi) is 9.42. The van der Waals surface area contributed by atoms with E-state index in [1.165, 1.54) is 11.1 Å².